The number of halogens is 1. The van der Waals surface area contributed by atoms with Crippen molar-refractivity contribution in [2.24, 2.45) is 23.7 Å². The Balaban J connectivity index is 1.66. The van der Waals surface area contributed by atoms with Crippen molar-refractivity contribution >= 4 is 33.7 Å². The van der Waals surface area contributed by atoms with Gasteiger partial charge in [0.15, 0.2) is 0 Å². The third kappa shape index (κ3) is 2.88. The standard InChI is InChI=1S/C16H15BrN2O4/c17-11-4-2-1-3-10(11)14(20)18-19-15(21)12-8-5-6-9(7-8)13(12)16(22)23/h1-6,8-9,12-13H,7H2,(H,18,20)(H,19,21)(H,22,23)/t8-,9-,12-,13+/m0/s1. The van der Waals surface area contributed by atoms with Crippen molar-refractivity contribution in [3.8, 4) is 0 Å². The largest absolute Gasteiger partial charge is 0.481 e. The van der Waals surface area contributed by atoms with E-state index in [1.54, 1.807) is 24.3 Å². The molecular formula is C16H15BrN2O4. The van der Waals surface area contributed by atoms with Gasteiger partial charge in [0.2, 0.25) is 5.91 Å². The van der Waals surface area contributed by atoms with Gasteiger partial charge in [-0.3, -0.25) is 25.2 Å². The molecule has 2 bridgehead atoms. The number of hydrogen-bond acceptors (Lipinski definition) is 3. The van der Waals surface area contributed by atoms with Crippen LogP contribution in [0.5, 0.6) is 0 Å². The number of carbonyl (C=O) groups excluding carboxylic acids is 2. The second-order valence-corrected chi connectivity index (χ2v) is 6.62. The van der Waals surface area contributed by atoms with Gasteiger partial charge in [-0.1, -0.05) is 24.3 Å². The highest BCUT2D eigenvalue weighted by Gasteiger charge is 2.51. The lowest BCUT2D eigenvalue weighted by Gasteiger charge is -2.23. The molecule has 120 valence electrons. The summed E-state index contributed by atoms with van der Waals surface area (Å²) in [5.41, 5.74) is 5.10. The maximum atomic E-state index is 12.3. The normalized spacial score (nSPS) is 27.7. The number of amides is 2. The van der Waals surface area contributed by atoms with E-state index < -0.39 is 29.6 Å². The Morgan fingerprint density at radius 3 is 2.35 bits per heavy atom. The molecular weight excluding hydrogens is 364 g/mol. The quantitative estimate of drug-likeness (QED) is 0.551. The molecule has 0 aliphatic heterocycles. The number of nitrogens with one attached hydrogen (secondary N) is 2. The fraction of sp³-hybridized carbons (Fsp3) is 0.312. The van der Waals surface area contributed by atoms with Gasteiger partial charge < -0.3 is 5.11 Å². The van der Waals surface area contributed by atoms with E-state index in [1.165, 1.54) is 0 Å². The molecule has 0 radical (unpaired) electrons. The number of hydrogen-bond donors (Lipinski definition) is 3. The average molecular weight is 379 g/mol. The van der Waals surface area contributed by atoms with E-state index in [4.69, 9.17) is 0 Å². The summed E-state index contributed by atoms with van der Waals surface area (Å²) in [6.07, 6.45) is 4.43. The molecule has 2 amide bonds. The summed E-state index contributed by atoms with van der Waals surface area (Å²) in [4.78, 5) is 35.8. The number of carbonyl (C=O) groups is 3. The molecule has 0 spiro atoms. The summed E-state index contributed by atoms with van der Waals surface area (Å²) in [5.74, 6) is -3.47. The molecule has 2 aliphatic rings. The maximum Gasteiger partial charge on any atom is 0.307 e. The molecule has 2 aliphatic carbocycles. The zero-order chi connectivity index (χ0) is 16.6. The summed E-state index contributed by atoms with van der Waals surface area (Å²) in [5, 5.41) is 9.34. The van der Waals surface area contributed by atoms with Crippen molar-refractivity contribution in [3.63, 3.8) is 0 Å². The van der Waals surface area contributed by atoms with E-state index in [-0.39, 0.29) is 11.8 Å². The fourth-order valence-electron chi connectivity index (χ4n) is 3.43. The fourth-order valence-corrected chi connectivity index (χ4v) is 3.90. The minimum Gasteiger partial charge on any atom is -0.481 e. The summed E-state index contributed by atoms with van der Waals surface area (Å²) in [7, 11) is 0. The van der Waals surface area contributed by atoms with Crippen LogP contribution in [-0.4, -0.2) is 22.9 Å². The molecule has 6 nitrogen and oxygen atoms in total. The molecule has 1 aromatic rings. The van der Waals surface area contributed by atoms with E-state index in [2.05, 4.69) is 26.8 Å². The van der Waals surface area contributed by atoms with Crippen molar-refractivity contribution in [3.05, 3.63) is 46.5 Å². The Morgan fingerprint density at radius 1 is 1.04 bits per heavy atom. The Hall–Kier alpha value is -2.15. The highest BCUT2D eigenvalue weighted by Crippen LogP contribution is 2.48. The first-order valence-electron chi connectivity index (χ1n) is 7.25. The topological polar surface area (TPSA) is 95.5 Å². The van der Waals surface area contributed by atoms with Crippen molar-refractivity contribution < 1.29 is 19.5 Å². The Bertz CT molecular complexity index is 703. The van der Waals surface area contributed by atoms with Crippen LogP contribution in [0.3, 0.4) is 0 Å². The van der Waals surface area contributed by atoms with Crippen LogP contribution in [-0.2, 0) is 9.59 Å². The summed E-state index contributed by atoms with van der Waals surface area (Å²) < 4.78 is 0.609. The first kappa shape index (κ1) is 15.7. The highest BCUT2D eigenvalue weighted by atomic mass is 79.9. The number of benzene rings is 1. The van der Waals surface area contributed by atoms with Crippen molar-refractivity contribution in [2.75, 3.05) is 0 Å². The number of aliphatic carboxylic acids is 1. The lowest BCUT2D eigenvalue weighted by molar-refractivity contribution is -0.148. The monoisotopic (exact) mass is 378 g/mol. The number of rotatable bonds is 3. The van der Waals surface area contributed by atoms with Crippen LogP contribution >= 0.6 is 15.9 Å². The van der Waals surface area contributed by atoms with Crippen LogP contribution in [0.15, 0.2) is 40.9 Å². The molecule has 3 rings (SSSR count). The molecule has 0 saturated heterocycles. The minimum absolute atomic E-state index is 0.0820. The van der Waals surface area contributed by atoms with Crippen LogP contribution in [0.25, 0.3) is 0 Å². The predicted molar refractivity (Wildman–Crippen MR) is 85.1 cm³/mol. The predicted octanol–water partition coefficient (Wildman–Crippen LogP) is 1.73. The average Bonchev–Trinajstić information content (AvgIpc) is 3.13. The van der Waals surface area contributed by atoms with E-state index in [0.29, 0.717) is 16.5 Å². The highest BCUT2D eigenvalue weighted by molar-refractivity contribution is 9.10. The molecule has 1 saturated carbocycles. The Kier molecular flexibility index (Phi) is 4.21. The lowest BCUT2D eigenvalue weighted by atomic mass is 9.82. The first-order valence-corrected chi connectivity index (χ1v) is 8.04. The maximum absolute atomic E-state index is 12.3. The number of carboxylic acids is 1. The third-order valence-electron chi connectivity index (χ3n) is 4.46. The number of allylic oxidation sites excluding steroid dienone is 2. The van der Waals surface area contributed by atoms with Gasteiger partial charge in [-0.25, -0.2) is 0 Å². The molecule has 7 heteroatoms. The zero-order valence-corrected chi connectivity index (χ0v) is 13.6. The van der Waals surface area contributed by atoms with E-state index >= 15 is 0 Å². The minimum atomic E-state index is -0.973. The van der Waals surface area contributed by atoms with E-state index in [0.717, 1.165) is 0 Å². The molecule has 0 aromatic heterocycles. The molecule has 23 heavy (non-hydrogen) atoms. The van der Waals surface area contributed by atoms with Crippen LogP contribution in [0, 0.1) is 23.7 Å². The summed E-state index contributed by atoms with van der Waals surface area (Å²) in [6, 6.07) is 6.82. The van der Waals surface area contributed by atoms with Gasteiger partial charge in [0.1, 0.15) is 0 Å². The zero-order valence-electron chi connectivity index (χ0n) is 12.0. The van der Waals surface area contributed by atoms with Crippen LogP contribution in [0.2, 0.25) is 0 Å². The van der Waals surface area contributed by atoms with Gasteiger partial charge in [-0.15, -0.1) is 0 Å². The second kappa shape index (κ2) is 6.16. The Labute approximate surface area is 141 Å². The Morgan fingerprint density at radius 2 is 1.70 bits per heavy atom. The molecule has 0 heterocycles. The van der Waals surface area contributed by atoms with Gasteiger partial charge in [0, 0.05) is 4.47 Å². The second-order valence-electron chi connectivity index (χ2n) is 5.76. The number of fused-ring (bicyclic) bond motifs is 2. The van der Waals surface area contributed by atoms with Crippen molar-refractivity contribution in [1.82, 2.24) is 10.9 Å². The molecule has 0 unspecified atom stereocenters. The van der Waals surface area contributed by atoms with Gasteiger partial charge in [0.05, 0.1) is 17.4 Å². The SMILES string of the molecule is O=C(NNC(=O)[C@@H]1[C@H](C(=O)O)[C@H]2C=C[C@H]1C2)c1ccccc1Br. The van der Waals surface area contributed by atoms with Crippen molar-refractivity contribution in [2.45, 2.75) is 6.42 Å². The molecule has 3 N–H and O–H groups in total. The number of carboxylic acid groups (broad SMARTS) is 1. The third-order valence-corrected chi connectivity index (χ3v) is 5.16. The molecule has 1 aromatic carbocycles. The summed E-state index contributed by atoms with van der Waals surface area (Å²) in [6.45, 7) is 0. The number of hydrazine groups is 1. The van der Waals surface area contributed by atoms with Crippen molar-refractivity contribution in [1.29, 1.82) is 0 Å². The van der Waals surface area contributed by atoms with Gasteiger partial charge >= 0.3 is 5.97 Å². The van der Waals surface area contributed by atoms with Gasteiger partial charge in [0.25, 0.3) is 5.91 Å². The van der Waals surface area contributed by atoms with Gasteiger partial charge in [-0.05, 0) is 46.3 Å². The first-order chi connectivity index (χ1) is 11.0. The van der Waals surface area contributed by atoms with Gasteiger partial charge in [-0.2, -0.15) is 0 Å². The van der Waals surface area contributed by atoms with E-state index in [1.807, 2.05) is 12.2 Å². The summed E-state index contributed by atoms with van der Waals surface area (Å²) >= 11 is 3.26. The van der Waals surface area contributed by atoms with E-state index in [9.17, 15) is 19.5 Å². The molecule has 4 atom stereocenters. The smallest absolute Gasteiger partial charge is 0.307 e. The molecule has 1 fully saturated rings. The van der Waals surface area contributed by atoms with Crippen LogP contribution < -0.4 is 10.9 Å². The van der Waals surface area contributed by atoms with Crippen LogP contribution in [0.1, 0.15) is 16.8 Å². The lowest BCUT2D eigenvalue weighted by Crippen LogP contribution is -2.48. The van der Waals surface area contributed by atoms with Crippen LogP contribution in [0.4, 0.5) is 0 Å².